The van der Waals surface area contributed by atoms with Gasteiger partial charge in [-0.25, -0.2) is 0 Å². The zero-order valence-corrected chi connectivity index (χ0v) is 29.3. The van der Waals surface area contributed by atoms with Crippen molar-refractivity contribution >= 4 is 26.2 Å². The smallest absolute Gasteiger partial charge is 0.389 e. The van der Waals surface area contributed by atoms with Crippen LogP contribution >= 0.6 is 0 Å². The fourth-order valence-electron chi connectivity index (χ4n) is 4.62. The number of hydrogen-bond acceptors (Lipinski definition) is 8. The zero-order chi connectivity index (χ0) is 28.6. The Morgan fingerprint density at radius 2 is 0.649 bits per heavy atom. The van der Waals surface area contributed by atoms with Crippen LogP contribution in [0.2, 0.25) is 24.2 Å². The van der Waals surface area contributed by atoms with E-state index in [4.69, 9.17) is 35.4 Å². The molecule has 0 unspecified atom stereocenters. The lowest BCUT2D eigenvalue weighted by molar-refractivity contribution is 0.0131. The Kier molecular flexibility index (Phi) is 18.1. The second-order valence-corrected chi connectivity index (χ2v) is 19.7. The molecule has 0 amide bonds. The molecule has 0 bridgehead atoms. The molecular formula is C26H60O8Si3. The minimum Gasteiger partial charge on any atom is -0.389 e. The maximum Gasteiger partial charge on any atom is 0.500 e. The van der Waals surface area contributed by atoms with Gasteiger partial charge in [-0.3, -0.25) is 0 Å². The zero-order valence-electron chi connectivity index (χ0n) is 26.3. The molecule has 0 aliphatic carbocycles. The normalized spacial score (nSPS) is 13.9. The minimum absolute atomic E-state index is 0.333. The average molecular weight is 585 g/mol. The summed E-state index contributed by atoms with van der Waals surface area (Å²) in [6.07, 6.45) is 1.71. The lowest BCUT2D eigenvalue weighted by Gasteiger charge is -2.42. The Hall–Kier alpha value is 0.331. The molecule has 0 aromatic carbocycles. The van der Waals surface area contributed by atoms with Crippen LogP contribution in [0.4, 0.5) is 0 Å². The molecule has 37 heavy (non-hydrogen) atoms. The molecule has 0 fully saturated rings. The Morgan fingerprint density at radius 3 is 0.838 bits per heavy atom. The molecule has 0 radical (unpaired) electrons. The van der Waals surface area contributed by atoms with Crippen molar-refractivity contribution in [1.29, 1.82) is 0 Å². The Bertz CT molecular complexity index is 497. The first kappa shape index (κ1) is 37.3. The summed E-state index contributed by atoms with van der Waals surface area (Å²) in [5, 5.41) is 0. The molecule has 0 atom stereocenters. The fraction of sp³-hybridized carbons (Fsp3) is 1.00. The first-order valence-electron chi connectivity index (χ1n) is 14.4. The lowest BCUT2D eigenvalue weighted by Crippen LogP contribution is -2.53. The third-order valence-corrected chi connectivity index (χ3v) is 15.8. The Labute approximate surface area is 232 Å². The van der Waals surface area contributed by atoms with Gasteiger partial charge in [-0.05, 0) is 108 Å². The monoisotopic (exact) mass is 584 g/mol. The highest BCUT2D eigenvalue weighted by molar-refractivity contribution is 6.68. The Balaban J connectivity index is 5.97. The second-order valence-electron chi connectivity index (χ2n) is 11.0. The van der Waals surface area contributed by atoms with Crippen LogP contribution in [0.25, 0.3) is 0 Å². The van der Waals surface area contributed by atoms with Crippen LogP contribution < -0.4 is 0 Å². The van der Waals surface area contributed by atoms with E-state index in [1.807, 2.05) is 41.5 Å². The van der Waals surface area contributed by atoms with Gasteiger partial charge in [0.25, 0.3) is 0 Å². The van der Waals surface area contributed by atoms with E-state index in [1.165, 1.54) is 0 Å². The summed E-state index contributed by atoms with van der Waals surface area (Å²) in [5.74, 6) is 0. The van der Waals surface area contributed by atoms with E-state index in [2.05, 4.69) is 41.5 Å². The van der Waals surface area contributed by atoms with E-state index in [0.717, 1.165) is 37.0 Å². The van der Waals surface area contributed by atoms with Crippen molar-refractivity contribution in [3.05, 3.63) is 0 Å². The third-order valence-electron chi connectivity index (χ3n) is 5.25. The summed E-state index contributed by atoms with van der Waals surface area (Å²) in [7, 11) is -8.19. The molecule has 0 aliphatic rings. The summed E-state index contributed by atoms with van der Waals surface area (Å²) < 4.78 is 50.5. The largest absolute Gasteiger partial charge is 0.500 e. The van der Waals surface area contributed by atoms with Gasteiger partial charge >= 0.3 is 26.2 Å². The fourth-order valence-corrected chi connectivity index (χ4v) is 14.9. The molecule has 0 saturated heterocycles. The summed E-state index contributed by atoms with van der Waals surface area (Å²) in [6, 6.07) is 3.15. The van der Waals surface area contributed by atoms with Gasteiger partial charge in [0.2, 0.25) is 0 Å². The predicted molar refractivity (Wildman–Crippen MR) is 157 cm³/mol. The average Bonchev–Trinajstić information content (AvgIpc) is 2.72. The van der Waals surface area contributed by atoms with Crippen LogP contribution in [0.15, 0.2) is 0 Å². The van der Waals surface area contributed by atoms with Gasteiger partial charge in [0, 0.05) is 51.7 Å². The minimum atomic E-state index is -2.75. The Morgan fingerprint density at radius 1 is 0.405 bits per heavy atom. The van der Waals surface area contributed by atoms with Crippen molar-refractivity contribution in [2.45, 2.75) is 131 Å². The van der Waals surface area contributed by atoms with Gasteiger partial charge in [-0.1, -0.05) is 0 Å². The molecule has 0 aliphatic heterocycles. The SMILES string of the molecule is CCO[Si](CCC[Si](CCC[Si](OCC)(OCC)OCC)(OC(C)(C)C)OC(C)(C)C)(OCC)OCC. The van der Waals surface area contributed by atoms with Gasteiger partial charge < -0.3 is 35.4 Å². The van der Waals surface area contributed by atoms with Crippen molar-refractivity contribution in [3.63, 3.8) is 0 Å². The molecule has 0 spiro atoms. The summed E-state index contributed by atoms with van der Waals surface area (Å²) in [6.45, 7) is 28.1. The summed E-state index contributed by atoms with van der Waals surface area (Å²) >= 11 is 0. The van der Waals surface area contributed by atoms with Crippen molar-refractivity contribution in [2.75, 3.05) is 39.6 Å². The van der Waals surface area contributed by atoms with E-state index in [9.17, 15) is 0 Å². The number of hydrogen-bond donors (Lipinski definition) is 0. The first-order chi connectivity index (χ1) is 17.2. The van der Waals surface area contributed by atoms with Crippen LogP contribution in [0.1, 0.15) is 95.9 Å². The molecule has 0 rings (SSSR count). The van der Waals surface area contributed by atoms with Crippen LogP contribution in [0, 0.1) is 0 Å². The van der Waals surface area contributed by atoms with Crippen molar-refractivity contribution in [2.24, 2.45) is 0 Å². The van der Waals surface area contributed by atoms with Gasteiger partial charge in [0.1, 0.15) is 0 Å². The topological polar surface area (TPSA) is 73.8 Å². The molecule has 224 valence electrons. The quantitative estimate of drug-likeness (QED) is 0.127. The lowest BCUT2D eigenvalue weighted by atomic mass is 10.2. The van der Waals surface area contributed by atoms with Crippen molar-refractivity contribution < 1.29 is 35.4 Å². The molecule has 11 heteroatoms. The molecule has 0 saturated carbocycles. The van der Waals surface area contributed by atoms with Crippen LogP contribution in [-0.4, -0.2) is 77.0 Å². The standard InChI is InChI=1S/C26H60O8Si3/c1-13-27-36(28-14-2,29-15-3)23-19-21-35(33-25(7,8)9,34-26(10,11)12)22-20-24-37(30-16-4,31-17-5)32-18-6/h13-24H2,1-12H3. The van der Waals surface area contributed by atoms with Gasteiger partial charge in [-0.2, -0.15) is 0 Å². The maximum atomic E-state index is 6.89. The summed E-state index contributed by atoms with van der Waals surface area (Å²) in [4.78, 5) is 0. The van der Waals surface area contributed by atoms with Crippen LogP contribution in [0.5, 0.6) is 0 Å². The number of rotatable bonds is 22. The first-order valence-corrected chi connectivity index (χ1v) is 20.5. The van der Waals surface area contributed by atoms with E-state index in [1.54, 1.807) is 0 Å². The van der Waals surface area contributed by atoms with Gasteiger partial charge in [0.15, 0.2) is 0 Å². The van der Waals surface area contributed by atoms with Crippen molar-refractivity contribution in [1.82, 2.24) is 0 Å². The maximum absolute atomic E-state index is 6.89. The molecule has 8 nitrogen and oxygen atoms in total. The van der Waals surface area contributed by atoms with E-state index in [-0.39, 0.29) is 11.2 Å². The summed E-state index contributed by atoms with van der Waals surface area (Å²) in [5.41, 5.74) is -0.667. The molecule has 0 aromatic rings. The van der Waals surface area contributed by atoms with Gasteiger partial charge in [-0.15, -0.1) is 0 Å². The van der Waals surface area contributed by atoms with Crippen LogP contribution in [0.3, 0.4) is 0 Å². The highest BCUT2D eigenvalue weighted by atomic mass is 28.4. The van der Waals surface area contributed by atoms with Crippen molar-refractivity contribution in [3.8, 4) is 0 Å². The van der Waals surface area contributed by atoms with E-state index in [0.29, 0.717) is 39.6 Å². The van der Waals surface area contributed by atoms with Gasteiger partial charge in [0.05, 0.1) is 11.2 Å². The molecule has 0 aromatic heterocycles. The van der Waals surface area contributed by atoms with Crippen LogP contribution in [-0.2, 0) is 35.4 Å². The highest BCUT2D eigenvalue weighted by Crippen LogP contribution is 2.35. The third kappa shape index (κ3) is 15.6. The molecule has 0 heterocycles. The van der Waals surface area contributed by atoms with E-state index < -0.39 is 26.2 Å². The second kappa shape index (κ2) is 17.9. The molecular weight excluding hydrogens is 525 g/mol. The van der Waals surface area contributed by atoms with E-state index >= 15 is 0 Å². The molecule has 0 N–H and O–H groups in total. The predicted octanol–water partition coefficient (Wildman–Crippen LogP) is 6.94. The highest BCUT2D eigenvalue weighted by Gasteiger charge is 2.48.